The molecule has 35 heavy (non-hydrogen) atoms. The molecule has 188 valence electrons. The first-order chi connectivity index (χ1) is 16.9. The van der Waals surface area contributed by atoms with Gasteiger partial charge in [0.15, 0.2) is 0 Å². The average molecular weight is 485 g/mol. The van der Waals surface area contributed by atoms with E-state index in [1.165, 1.54) is 24.3 Å². The number of benzene rings is 2. The maximum atomic E-state index is 14.3. The van der Waals surface area contributed by atoms with Crippen LogP contribution in [0.4, 0.5) is 14.5 Å². The van der Waals surface area contributed by atoms with Crippen LogP contribution in [-0.4, -0.2) is 74.0 Å². The lowest BCUT2D eigenvalue weighted by Gasteiger charge is -2.35. The van der Waals surface area contributed by atoms with Gasteiger partial charge in [0.1, 0.15) is 11.6 Å². The topological polar surface area (TPSA) is 55.9 Å². The van der Waals surface area contributed by atoms with Gasteiger partial charge in [-0.25, -0.2) is 8.78 Å². The fraction of sp³-hybridized carbons (Fsp3) is 0.481. The van der Waals surface area contributed by atoms with Gasteiger partial charge in [0.25, 0.3) is 0 Å². The molecule has 2 aromatic rings. The lowest BCUT2D eigenvalue weighted by Crippen LogP contribution is -2.51. The minimum Gasteiger partial charge on any atom is -0.355 e. The van der Waals surface area contributed by atoms with Crippen LogP contribution in [0.1, 0.15) is 43.2 Å². The summed E-state index contributed by atoms with van der Waals surface area (Å²) in [6.07, 6.45) is 2.08. The van der Waals surface area contributed by atoms with Crippen molar-refractivity contribution in [1.82, 2.24) is 15.1 Å². The third kappa shape index (κ3) is 6.44. The molecule has 0 bridgehead atoms. The van der Waals surface area contributed by atoms with E-state index in [-0.39, 0.29) is 35.9 Å². The Balaban J connectivity index is 1.40. The zero-order chi connectivity index (χ0) is 24.8. The lowest BCUT2D eigenvalue weighted by atomic mass is 9.87. The normalized spacial score (nSPS) is 19.2. The first-order valence-electron chi connectivity index (χ1n) is 12.5. The predicted molar refractivity (Wildman–Crippen MR) is 132 cm³/mol. The van der Waals surface area contributed by atoms with Gasteiger partial charge in [0, 0.05) is 58.2 Å². The van der Waals surface area contributed by atoms with Crippen molar-refractivity contribution in [2.45, 2.75) is 32.1 Å². The van der Waals surface area contributed by atoms with Gasteiger partial charge in [-0.15, -0.1) is 0 Å². The minimum atomic E-state index is -0.370. The van der Waals surface area contributed by atoms with E-state index < -0.39 is 0 Å². The number of hydrogen-bond acceptors (Lipinski definition) is 4. The lowest BCUT2D eigenvalue weighted by molar-refractivity contribution is -0.121. The van der Waals surface area contributed by atoms with Gasteiger partial charge >= 0.3 is 0 Å². The molecule has 0 radical (unpaired) electrons. The summed E-state index contributed by atoms with van der Waals surface area (Å²) in [4.78, 5) is 31.0. The molecule has 2 aromatic carbocycles. The molecule has 4 rings (SSSR count). The molecule has 2 aliphatic heterocycles. The van der Waals surface area contributed by atoms with Crippen molar-refractivity contribution in [3.8, 4) is 0 Å². The van der Waals surface area contributed by atoms with Crippen LogP contribution < -0.4 is 10.2 Å². The Morgan fingerprint density at radius 2 is 1.63 bits per heavy atom. The van der Waals surface area contributed by atoms with E-state index in [9.17, 15) is 18.4 Å². The Labute approximate surface area is 205 Å². The molecule has 2 amide bonds. The minimum absolute atomic E-state index is 0.0132. The van der Waals surface area contributed by atoms with Gasteiger partial charge in [-0.2, -0.15) is 0 Å². The summed E-state index contributed by atoms with van der Waals surface area (Å²) in [6, 6.07) is 11.1. The summed E-state index contributed by atoms with van der Waals surface area (Å²) in [5, 5.41) is 2.90. The Morgan fingerprint density at radius 3 is 2.34 bits per heavy atom. The second-order valence-electron chi connectivity index (χ2n) is 9.32. The molecule has 6 nitrogen and oxygen atoms in total. The fourth-order valence-corrected chi connectivity index (χ4v) is 5.00. The summed E-state index contributed by atoms with van der Waals surface area (Å²) in [7, 11) is 0. The number of rotatable bonds is 7. The number of fused-ring (bicyclic) bond motifs is 1. The molecule has 1 unspecified atom stereocenters. The van der Waals surface area contributed by atoms with Crippen molar-refractivity contribution in [2.24, 2.45) is 0 Å². The van der Waals surface area contributed by atoms with Crippen LogP contribution in [0.5, 0.6) is 0 Å². The average Bonchev–Trinajstić information content (AvgIpc) is 3.05. The van der Waals surface area contributed by atoms with Crippen molar-refractivity contribution in [3.63, 3.8) is 0 Å². The number of carbonyl (C=O) groups excluding carboxylic acids is 2. The first-order valence-corrected chi connectivity index (χ1v) is 12.5. The summed E-state index contributed by atoms with van der Waals surface area (Å²) in [6.45, 7) is 7.33. The van der Waals surface area contributed by atoms with Crippen molar-refractivity contribution in [1.29, 1.82) is 0 Å². The maximum absolute atomic E-state index is 14.3. The number of halogens is 2. The monoisotopic (exact) mass is 484 g/mol. The molecule has 8 heteroatoms. The van der Waals surface area contributed by atoms with Crippen molar-refractivity contribution in [3.05, 3.63) is 65.2 Å². The Morgan fingerprint density at radius 1 is 0.943 bits per heavy atom. The van der Waals surface area contributed by atoms with Crippen LogP contribution >= 0.6 is 0 Å². The summed E-state index contributed by atoms with van der Waals surface area (Å²) >= 11 is 0. The van der Waals surface area contributed by atoms with Gasteiger partial charge in [0.05, 0.1) is 12.2 Å². The Hall–Kier alpha value is -2.84. The number of anilines is 1. The quantitative estimate of drug-likeness (QED) is 0.655. The highest BCUT2D eigenvalue weighted by Gasteiger charge is 2.29. The van der Waals surface area contributed by atoms with Gasteiger partial charge < -0.3 is 10.2 Å². The molecule has 1 fully saturated rings. The number of piperazine rings is 1. The standard InChI is InChI=1S/C27H34F2N4O2/c1-2-26(34)30-11-13-31-14-16-32(17-15-31)19-27(35)33-12-3-4-23(20-5-7-21(28)8-6-20)24-10-9-22(29)18-25(24)33/h5-10,18,23H,2-4,11-17,19H2,1H3,(H,30,34). The maximum Gasteiger partial charge on any atom is 0.241 e. The van der Waals surface area contributed by atoms with Gasteiger partial charge in [-0.05, 0) is 48.2 Å². The van der Waals surface area contributed by atoms with Crippen molar-refractivity contribution < 1.29 is 18.4 Å². The molecular formula is C27H34F2N4O2. The molecule has 1 saturated heterocycles. The highest BCUT2D eigenvalue weighted by molar-refractivity contribution is 5.96. The van der Waals surface area contributed by atoms with E-state index in [1.54, 1.807) is 23.1 Å². The number of hydrogen-bond donors (Lipinski definition) is 1. The second-order valence-corrected chi connectivity index (χ2v) is 9.32. The van der Waals surface area contributed by atoms with E-state index in [0.717, 1.165) is 56.7 Å². The molecule has 1 N–H and O–H groups in total. The molecule has 2 heterocycles. The van der Waals surface area contributed by atoms with E-state index in [0.29, 0.717) is 25.2 Å². The largest absolute Gasteiger partial charge is 0.355 e. The number of carbonyl (C=O) groups is 2. The molecule has 2 aliphatic rings. The van der Waals surface area contributed by atoms with Crippen LogP contribution in [0.25, 0.3) is 0 Å². The van der Waals surface area contributed by atoms with Crippen LogP contribution in [0.2, 0.25) is 0 Å². The smallest absolute Gasteiger partial charge is 0.241 e. The molecule has 0 aliphatic carbocycles. The SMILES string of the molecule is CCC(=O)NCCN1CCN(CC(=O)N2CCCC(c3ccc(F)cc3)c3ccc(F)cc32)CC1. The first kappa shape index (κ1) is 25.3. The molecule has 0 saturated carbocycles. The van der Waals surface area contributed by atoms with Crippen molar-refractivity contribution in [2.75, 3.05) is 57.3 Å². The van der Waals surface area contributed by atoms with Crippen LogP contribution in [0.15, 0.2) is 42.5 Å². The van der Waals surface area contributed by atoms with E-state index in [1.807, 2.05) is 6.92 Å². The number of nitrogens with zero attached hydrogens (tertiary/aromatic N) is 3. The highest BCUT2D eigenvalue weighted by Crippen LogP contribution is 2.39. The Kier molecular flexibility index (Phi) is 8.46. The Bertz CT molecular complexity index is 1020. The highest BCUT2D eigenvalue weighted by atomic mass is 19.1. The molecule has 1 atom stereocenters. The summed E-state index contributed by atoms with van der Waals surface area (Å²) in [5.74, 6) is -0.638. The summed E-state index contributed by atoms with van der Waals surface area (Å²) in [5.41, 5.74) is 2.50. The fourth-order valence-electron chi connectivity index (χ4n) is 5.00. The predicted octanol–water partition coefficient (Wildman–Crippen LogP) is 3.37. The van der Waals surface area contributed by atoms with Gasteiger partial charge in [-0.1, -0.05) is 25.1 Å². The van der Waals surface area contributed by atoms with Gasteiger partial charge in [0.2, 0.25) is 11.8 Å². The van der Waals surface area contributed by atoms with Crippen molar-refractivity contribution >= 4 is 17.5 Å². The van der Waals surface area contributed by atoms with E-state index >= 15 is 0 Å². The van der Waals surface area contributed by atoms with E-state index in [2.05, 4.69) is 15.1 Å². The van der Waals surface area contributed by atoms with E-state index in [4.69, 9.17) is 0 Å². The molecular weight excluding hydrogens is 450 g/mol. The third-order valence-corrected chi connectivity index (χ3v) is 7.00. The number of nitrogens with one attached hydrogen (secondary N) is 1. The number of amides is 2. The molecule has 0 aromatic heterocycles. The van der Waals surface area contributed by atoms with Crippen LogP contribution in [-0.2, 0) is 9.59 Å². The zero-order valence-corrected chi connectivity index (χ0v) is 20.3. The zero-order valence-electron chi connectivity index (χ0n) is 20.3. The molecule has 0 spiro atoms. The van der Waals surface area contributed by atoms with Gasteiger partial charge in [-0.3, -0.25) is 19.4 Å². The van der Waals surface area contributed by atoms with Crippen LogP contribution in [0, 0.1) is 11.6 Å². The summed E-state index contributed by atoms with van der Waals surface area (Å²) < 4.78 is 27.8. The van der Waals surface area contributed by atoms with Crippen LogP contribution in [0.3, 0.4) is 0 Å². The third-order valence-electron chi connectivity index (χ3n) is 7.00. The second kappa shape index (κ2) is 11.7.